The molecule has 600 valence electrons. The highest BCUT2D eigenvalue weighted by atomic mass is 16.6. The van der Waals surface area contributed by atoms with Gasteiger partial charge >= 0.3 is 35.8 Å². The van der Waals surface area contributed by atoms with Gasteiger partial charge in [0.1, 0.15) is 36.6 Å². The molecule has 6 saturated heterocycles. The normalized spacial score (nSPS) is 25.6. The van der Waals surface area contributed by atoms with E-state index in [9.17, 15) is 40.8 Å². The van der Waals surface area contributed by atoms with E-state index >= 15 is 19.2 Å². The molecule has 1 aromatic carbocycles. The molecule has 0 saturated carbocycles. The maximum absolute atomic E-state index is 15.2. The number of nitrogens with zero attached hydrogens (tertiary/aromatic N) is 6. The fourth-order valence-electron chi connectivity index (χ4n) is 19.3. The van der Waals surface area contributed by atoms with Crippen LogP contribution in [0.25, 0.3) is 0 Å². The van der Waals surface area contributed by atoms with Crippen molar-refractivity contribution in [3.05, 3.63) is 34.9 Å². The number of hydroxylamine groups is 12. The van der Waals surface area contributed by atoms with E-state index in [1.54, 1.807) is 20.8 Å². The van der Waals surface area contributed by atoms with Gasteiger partial charge in [-0.25, -0.2) is 0 Å². The molecule has 6 aliphatic rings. The van der Waals surface area contributed by atoms with E-state index < -0.39 is 155 Å². The summed E-state index contributed by atoms with van der Waals surface area (Å²) in [5.41, 5.74) is -12.3. The van der Waals surface area contributed by atoms with E-state index in [2.05, 4.69) is 0 Å². The number of carbonyl (C=O) groups excluding carboxylic acids is 6. The third kappa shape index (κ3) is 19.3. The molecule has 0 bridgehead atoms. The first-order chi connectivity index (χ1) is 47.4. The fourth-order valence-corrected chi connectivity index (χ4v) is 19.3. The zero-order valence-electron chi connectivity index (χ0n) is 69.3. The van der Waals surface area contributed by atoms with Crippen LogP contribution in [0.4, 0.5) is 0 Å². The number of ether oxygens (including phenoxy) is 6. The Bertz CT molecular complexity index is 3040. The molecule has 24 nitrogen and oxygen atoms in total. The standard InChI is InChI=1S/C81H138N6O18/c1-67(2)40-55(41-68(3,4)82(67)94)100-61(88)79(25,62(89)101-56-42-69(5,6)83(95)70(7,8)43-56)36-28-31-52-34-35-53(32-29-37-80(26,63(90)102-57-44-71(9,10)84(96)72(11,12)45-57)64(91)103-58-46-73(13,14)85(97)74(15,16)47-58)54(39-52)33-30-38-81(27,65(92)104-59-48-75(17,18)86(98)76(19,20)49-59)66(93)105-60-50-77(21,22)87(99)78(23,24)51-60/h34-35,39,55-60,94-99H,28-33,36-38,40-51H2,1-27H3. The summed E-state index contributed by atoms with van der Waals surface area (Å²) in [5.74, 6) is -4.52. The molecule has 6 N–H and O–H groups in total. The van der Waals surface area contributed by atoms with Gasteiger partial charge < -0.3 is 59.7 Å². The number of hydrogen-bond acceptors (Lipinski definition) is 24. The minimum Gasteiger partial charge on any atom is -0.461 e. The molecule has 105 heavy (non-hydrogen) atoms. The molecule has 1 aromatic rings. The van der Waals surface area contributed by atoms with Crippen LogP contribution in [0.3, 0.4) is 0 Å². The van der Waals surface area contributed by atoms with E-state index in [1.165, 1.54) is 30.4 Å². The van der Waals surface area contributed by atoms with Gasteiger partial charge in [-0.2, -0.15) is 30.4 Å². The van der Waals surface area contributed by atoms with Crippen LogP contribution in [0.15, 0.2) is 18.2 Å². The van der Waals surface area contributed by atoms with Gasteiger partial charge in [0, 0.05) is 144 Å². The van der Waals surface area contributed by atoms with E-state index in [1.807, 2.05) is 184 Å². The highest BCUT2D eigenvalue weighted by Crippen LogP contribution is 2.48. The first-order valence-electron chi connectivity index (χ1n) is 38.7. The van der Waals surface area contributed by atoms with Crippen molar-refractivity contribution in [1.82, 2.24) is 30.4 Å². The highest BCUT2D eigenvalue weighted by molar-refractivity contribution is 6.01. The first kappa shape index (κ1) is 87.8. The smallest absolute Gasteiger partial charge is 0.323 e. The van der Waals surface area contributed by atoms with Gasteiger partial charge in [-0.3, -0.25) is 28.8 Å². The van der Waals surface area contributed by atoms with Gasteiger partial charge in [-0.05, 0) is 261 Å². The van der Waals surface area contributed by atoms with Crippen molar-refractivity contribution < 1.29 is 88.4 Å². The molecule has 0 amide bonds. The van der Waals surface area contributed by atoms with Crippen molar-refractivity contribution >= 4 is 35.8 Å². The lowest BCUT2D eigenvalue weighted by atomic mass is 9.78. The molecule has 24 heteroatoms. The predicted octanol–water partition coefficient (Wildman–Crippen LogP) is 14.4. The lowest BCUT2D eigenvalue weighted by molar-refractivity contribution is -0.263. The molecule has 0 spiro atoms. The summed E-state index contributed by atoms with van der Waals surface area (Å²) in [6, 6.07) is 6.01. The minimum atomic E-state index is -1.85. The highest BCUT2D eigenvalue weighted by Gasteiger charge is 2.57. The largest absolute Gasteiger partial charge is 0.461 e. The van der Waals surface area contributed by atoms with E-state index in [0.717, 1.165) is 16.7 Å². The monoisotopic (exact) mass is 1480 g/mol. The topological polar surface area (TPSA) is 299 Å². The molecule has 0 aromatic heterocycles. The van der Waals surface area contributed by atoms with Gasteiger partial charge in [-0.1, -0.05) is 18.2 Å². The summed E-state index contributed by atoms with van der Waals surface area (Å²) < 4.78 is 38.4. The number of aryl methyl sites for hydroxylation is 3. The lowest BCUT2D eigenvalue weighted by Crippen LogP contribution is -2.61. The molecular formula is C81H138N6O18. The van der Waals surface area contributed by atoms with Crippen molar-refractivity contribution in [1.29, 1.82) is 0 Å². The van der Waals surface area contributed by atoms with E-state index in [-0.39, 0.29) is 57.8 Å². The number of rotatable bonds is 24. The van der Waals surface area contributed by atoms with Gasteiger partial charge in [0.05, 0.1) is 0 Å². The number of carbonyl (C=O) groups is 6. The van der Waals surface area contributed by atoms with Crippen LogP contribution in [0.5, 0.6) is 0 Å². The van der Waals surface area contributed by atoms with Crippen LogP contribution >= 0.6 is 0 Å². The Hall–Kier alpha value is -4.44. The second kappa shape index (κ2) is 30.3. The summed E-state index contributed by atoms with van der Waals surface area (Å²) in [5, 5.41) is 75.1. The van der Waals surface area contributed by atoms with Gasteiger partial charge in [0.2, 0.25) is 0 Å². The van der Waals surface area contributed by atoms with Crippen LogP contribution in [0.1, 0.15) is 319 Å². The molecule has 7 rings (SSSR count). The van der Waals surface area contributed by atoms with E-state index in [0.29, 0.717) is 77.0 Å². The SMILES string of the molecule is CC(CCCc1ccc(CCCC(C)(C(=O)OC2CC(C)(C)N(O)C(C)(C)C2)C(=O)OC2CC(C)(C)N(O)C(C)(C)C2)c(CCCC(C)(C(=O)OC2CC(C)(C)N(O)C(C)(C)C2)C(=O)OC2CC(C)(C)N(O)C(C)(C)C2)c1)(C(=O)OC1CC(C)(C)N(O)C(C)(C)C1)C(=O)OC1CC(C)(C)N(O)C(C)(C)C1. The van der Waals surface area contributed by atoms with Crippen molar-refractivity contribution in [2.45, 2.75) is 425 Å². The number of benzene rings is 1. The van der Waals surface area contributed by atoms with Gasteiger partial charge in [0.15, 0.2) is 16.2 Å². The summed E-state index contributed by atoms with van der Waals surface area (Å²) in [4.78, 5) is 90.5. The Morgan fingerprint density at radius 3 is 0.638 bits per heavy atom. The number of esters is 6. The molecule has 0 radical (unpaired) electrons. The third-order valence-electron chi connectivity index (χ3n) is 24.6. The van der Waals surface area contributed by atoms with Crippen molar-refractivity contribution in [2.24, 2.45) is 16.2 Å². The van der Waals surface area contributed by atoms with Crippen molar-refractivity contribution in [3.63, 3.8) is 0 Å². The van der Waals surface area contributed by atoms with Crippen molar-refractivity contribution in [2.75, 3.05) is 0 Å². The zero-order chi connectivity index (χ0) is 79.8. The van der Waals surface area contributed by atoms with Crippen LogP contribution in [0, 0.1) is 16.2 Å². The molecular weight excluding hydrogens is 1340 g/mol. The summed E-state index contributed by atoms with van der Waals surface area (Å²) in [6.45, 7) is 49.6. The quantitative estimate of drug-likeness (QED) is 0.0318. The Morgan fingerprint density at radius 1 is 0.295 bits per heavy atom. The minimum absolute atomic E-state index is 0.00248. The second-order valence-electron chi connectivity index (χ2n) is 40.9. The lowest BCUT2D eigenvalue weighted by Gasteiger charge is -2.51. The zero-order valence-corrected chi connectivity index (χ0v) is 69.3. The average Bonchev–Trinajstić information content (AvgIpc) is 0.791. The number of piperidine rings is 6. The molecule has 0 aliphatic carbocycles. The van der Waals surface area contributed by atoms with Crippen LogP contribution in [-0.4, -0.2) is 201 Å². The average molecular weight is 1480 g/mol. The molecule has 0 atom stereocenters. The predicted molar refractivity (Wildman–Crippen MR) is 395 cm³/mol. The molecule has 0 unspecified atom stereocenters. The van der Waals surface area contributed by atoms with Crippen molar-refractivity contribution in [3.8, 4) is 0 Å². The number of hydrogen-bond donors (Lipinski definition) is 6. The summed E-state index contributed by atoms with van der Waals surface area (Å²) in [7, 11) is 0. The van der Waals surface area contributed by atoms with Crippen LogP contribution in [-0.2, 0) is 76.5 Å². The van der Waals surface area contributed by atoms with E-state index in [4.69, 9.17) is 28.4 Å². The third-order valence-corrected chi connectivity index (χ3v) is 24.6. The van der Waals surface area contributed by atoms with Crippen LogP contribution < -0.4 is 0 Å². The maximum Gasteiger partial charge on any atom is 0.323 e. The molecule has 6 heterocycles. The van der Waals surface area contributed by atoms with Gasteiger partial charge in [0.25, 0.3) is 0 Å². The van der Waals surface area contributed by atoms with Gasteiger partial charge in [-0.15, -0.1) is 0 Å². The first-order valence-corrected chi connectivity index (χ1v) is 38.7. The fraction of sp³-hybridized carbons (Fsp3) is 0.852. The Balaban J connectivity index is 1.24. The maximum atomic E-state index is 15.2. The second-order valence-corrected chi connectivity index (χ2v) is 40.9. The summed E-state index contributed by atoms with van der Waals surface area (Å²) in [6.07, 6.45) is 1.44. The van der Waals surface area contributed by atoms with Crippen LogP contribution in [0.2, 0.25) is 0 Å². The Kier molecular flexibility index (Phi) is 25.4. The molecule has 6 aliphatic heterocycles. The Morgan fingerprint density at radius 2 is 0.457 bits per heavy atom. The Labute approximate surface area is 627 Å². The summed E-state index contributed by atoms with van der Waals surface area (Å²) >= 11 is 0. The molecule has 6 fully saturated rings.